The van der Waals surface area contributed by atoms with E-state index in [2.05, 4.69) is 0 Å². The molecule has 1 saturated heterocycles. The molecule has 2 heterocycles. The van der Waals surface area contributed by atoms with Crippen LogP contribution in [-0.2, 0) is 4.79 Å². The summed E-state index contributed by atoms with van der Waals surface area (Å²) >= 11 is 0. The minimum atomic E-state index is -0.708. The third-order valence-electron chi connectivity index (χ3n) is 5.59. The number of aliphatic hydroxyl groups is 1. The number of carbonyl (C=O) groups is 1. The highest BCUT2D eigenvalue weighted by molar-refractivity contribution is 5.98. The van der Waals surface area contributed by atoms with Crippen molar-refractivity contribution >= 4 is 12.0 Å². The summed E-state index contributed by atoms with van der Waals surface area (Å²) in [5, 5.41) is 10.8. The number of likely N-dealkylation sites (N-methyl/N-ethyl adjacent to an activating group) is 1. The van der Waals surface area contributed by atoms with Crippen LogP contribution < -0.4 is 4.74 Å². The van der Waals surface area contributed by atoms with Gasteiger partial charge in [-0.1, -0.05) is 54.1 Å². The second-order valence-electron chi connectivity index (χ2n) is 7.48. The first kappa shape index (κ1) is 17.4. The van der Waals surface area contributed by atoms with Crippen LogP contribution in [0.3, 0.4) is 0 Å². The summed E-state index contributed by atoms with van der Waals surface area (Å²) in [6, 6.07) is 15.7. The van der Waals surface area contributed by atoms with Crippen molar-refractivity contribution in [2.24, 2.45) is 0 Å². The number of ether oxygens (including phenoxy) is 1. The largest absolute Gasteiger partial charge is 0.507 e. The Morgan fingerprint density at radius 1 is 1.22 bits per heavy atom. The fourth-order valence-electron chi connectivity index (χ4n) is 3.87. The Labute approximate surface area is 159 Å². The average molecular weight is 361 g/mol. The monoisotopic (exact) mass is 361 g/mol. The SMILES string of the molecule is Cc1ccc(C=CC(O)=C2C(=O)N(C)C3(C)CC2c2ccccc2O3)cc1. The molecule has 0 radical (unpaired) electrons. The van der Waals surface area contributed by atoms with Gasteiger partial charge in [0.2, 0.25) is 0 Å². The van der Waals surface area contributed by atoms with Crippen LogP contribution in [0.2, 0.25) is 0 Å². The molecule has 2 unspecified atom stereocenters. The number of rotatable bonds is 2. The molecule has 0 aliphatic carbocycles. The predicted molar refractivity (Wildman–Crippen MR) is 105 cm³/mol. The number of hydrogen-bond acceptors (Lipinski definition) is 3. The van der Waals surface area contributed by atoms with E-state index in [1.165, 1.54) is 5.56 Å². The molecule has 4 nitrogen and oxygen atoms in total. The van der Waals surface area contributed by atoms with Gasteiger partial charge in [0.1, 0.15) is 11.5 Å². The lowest BCUT2D eigenvalue weighted by Crippen LogP contribution is -2.59. The van der Waals surface area contributed by atoms with Crippen molar-refractivity contribution < 1.29 is 14.6 Å². The van der Waals surface area contributed by atoms with Gasteiger partial charge in [-0.25, -0.2) is 0 Å². The van der Waals surface area contributed by atoms with Gasteiger partial charge in [0.15, 0.2) is 5.72 Å². The smallest absolute Gasteiger partial charge is 0.256 e. The first-order chi connectivity index (χ1) is 12.9. The summed E-state index contributed by atoms with van der Waals surface area (Å²) in [6.45, 7) is 3.95. The summed E-state index contributed by atoms with van der Waals surface area (Å²) in [4.78, 5) is 14.6. The fraction of sp³-hybridized carbons (Fsp3) is 0.261. The topological polar surface area (TPSA) is 49.8 Å². The molecule has 1 fully saturated rings. The van der Waals surface area contributed by atoms with Gasteiger partial charge in [-0.05, 0) is 31.6 Å². The number of benzene rings is 2. The molecule has 2 aliphatic heterocycles. The third-order valence-corrected chi connectivity index (χ3v) is 5.59. The highest BCUT2D eigenvalue weighted by Crippen LogP contribution is 2.49. The van der Waals surface area contributed by atoms with Gasteiger partial charge in [0.05, 0.1) is 5.57 Å². The van der Waals surface area contributed by atoms with E-state index in [4.69, 9.17) is 4.74 Å². The van der Waals surface area contributed by atoms with Crippen LogP contribution in [0.4, 0.5) is 0 Å². The molecule has 2 aromatic rings. The number of nitrogens with zero attached hydrogens (tertiary/aromatic N) is 1. The van der Waals surface area contributed by atoms with Crippen LogP contribution in [0.15, 0.2) is 65.9 Å². The Kier molecular flexibility index (Phi) is 4.06. The van der Waals surface area contributed by atoms with Crippen LogP contribution in [0.1, 0.15) is 36.0 Å². The summed E-state index contributed by atoms with van der Waals surface area (Å²) in [5.41, 5.74) is 2.81. The summed E-state index contributed by atoms with van der Waals surface area (Å²) in [7, 11) is 1.73. The number of para-hydroxylation sites is 1. The molecule has 4 rings (SSSR count). The van der Waals surface area contributed by atoms with Crippen molar-refractivity contribution in [2.75, 3.05) is 7.05 Å². The van der Waals surface area contributed by atoms with Crippen molar-refractivity contribution in [3.8, 4) is 5.75 Å². The molecule has 2 atom stereocenters. The highest BCUT2D eigenvalue weighted by atomic mass is 16.5. The van der Waals surface area contributed by atoms with Crippen molar-refractivity contribution in [1.29, 1.82) is 0 Å². The van der Waals surface area contributed by atoms with Crippen LogP contribution in [0.5, 0.6) is 5.75 Å². The van der Waals surface area contributed by atoms with Crippen LogP contribution in [0.25, 0.3) is 6.08 Å². The zero-order valence-corrected chi connectivity index (χ0v) is 15.8. The summed E-state index contributed by atoms with van der Waals surface area (Å²) in [5.74, 6) is 0.389. The summed E-state index contributed by atoms with van der Waals surface area (Å²) < 4.78 is 6.12. The van der Waals surface area contributed by atoms with Crippen LogP contribution >= 0.6 is 0 Å². The molecular formula is C23H23NO3. The van der Waals surface area contributed by atoms with Crippen molar-refractivity contribution in [3.63, 3.8) is 0 Å². The van der Waals surface area contributed by atoms with Gasteiger partial charge >= 0.3 is 0 Å². The lowest BCUT2D eigenvalue weighted by Gasteiger charge is -2.49. The van der Waals surface area contributed by atoms with Gasteiger partial charge in [-0.15, -0.1) is 0 Å². The Hall–Kier alpha value is -3.01. The van der Waals surface area contributed by atoms with E-state index in [1.807, 2.05) is 68.5 Å². The summed E-state index contributed by atoms with van der Waals surface area (Å²) in [6.07, 6.45) is 4.06. The molecule has 2 aromatic carbocycles. The van der Waals surface area contributed by atoms with E-state index in [9.17, 15) is 9.90 Å². The predicted octanol–water partition coefficient (Wildman–Crippen LogP) is 4.57. The van der Waals surface area contributed by atoms with E-state index in [-0.39, 0.29) is 17.6 Å². The molecular weight excluding hydrogens is 338 g/mol. The number of carbonyl (C=O) groups excluding carboxylic acids is 1. The number of aryl methyl sites for hydroxylation is 1. The molecule has 138 valence electrons. The maximum absolute atomic E-state index is 13.0. The molecule has 0 aromatic heterocycles. The first-order valence-corrected chi connectivity index (χ1v) is 9.13. The highest BCUT2D eigenvalue weighted by Gasteiger charge is 2.50. The van der Waals surface area contributed by atoms with Gasteiger partial charge in [0.25, 0.3) is 5.91 Å². The number of allylic oxidation sites excluding steroid dienone is 1. The lowest BCUT2D eigenvalue weighted by atomic mass is 9.77. The maximum Gasteiger partial charge on any atom is 0.256 e. The van der Waals surface area contributed by atoms with Crippen molar-refractivity contribution in [2.45, 2.75) is 31.9 Å². The van der Waals surface area contributed by atoms with E-state index >= 15 is 0 Å². The van der Waals surface area contributed by atoms with E-state index < -0.39 is 5.72 Å². The Morgan fingerprint density at radius 3 is 2.67 bits per heavy atom. The van der Waals surface area contributed by atoms with Crippen molar-refractivity contribution in [1.82, 2.24) is 4.90 Å². The zero-order chi connectivity index (χ0) is 19.2. The molecule has 0 spiro atoms. The number of aliphatic hydroxyl groups excluding tert-OH is 1. The third kappa shape index (κ3) is 2.91. The van der Waals surface area contributed by atoms with Gasteiger partial charge in [0, 0.05) is 24.9 Å². The molecule has 1 amide bonds. The Balaban J connectivity index is 1.78. The molecule has 2 aliphatic rings. The second kappa shape index (κ2) is 6.31. The van der Waals surface area contributed by atoms with E-state index in [0.717, 1.165) is 16.9 Å². The Morgan fingerprint density at radius 2 is 1.93 bits per heavy atom. The number of amides is 1. The first-order valence-electron chi connectivity index (χ1n) is 9.13. The minimum absolute atomic E-state index is 0.0104. The second-order valence-corrected chi connectivity index (χ2v) is 7.48. The number of piperidine rings is 1. The number of hydrogen-bond donors (Lipinski definition) is 1. The average Bonchev–Trinajstić information content (AvgIpc) is 2.66. The quantitative estimate of drug-likeness (QED) is 0.629. The van der Waals surface area contributed by atoms with Crippen molar-refractivity contribution in [3.05, 3.63) is 82.6 Å². The van der Waals surface area contributed by atoms with Gasteiger partial charge < -0.3 is 14.7 Å². The lowest BCUT2D eigenvalue weighted by molar-refractivity contribution is -0.153. The molecule has 0 saturated carbocycles. The number of fused-ring (bicyclic) bond motifs is 4. The molecule has 2 bridgehead atoms. The van der Waals surface area contributed by atoms with Crippen LogP contribution in [0, 0.1) is 6.92 Å². The minimum Gasteiger partial charge on any atom is -0.507 e. The zero-order valence-electron chi connectivity index (χ0n) is 15.8. The number of likely N-dealkylation sites (tertiary alicyclic amines) is 1. The van der Waals surface area contributed by atoms with Gasteiger partial charge in [-0.3, -0.25) is 4.79 Å². The standard InChI is InChI=1S/C23H23NO3/c1-15-8-10-16(11-9-15)12-13-19(25)21-18-14-23(2,24(3)22(21)26)27-20-7-5-4-6-17(18)20/h4-13,18,25H,14H2,1-3H3. The Bertz CT molecular complexity index is 958. The molecule has 27 heavy (non-hydrogen) atoms. The van der Waals surface area contributed by atoms with Crippen LogP contribution in [-0.4, -0.2) is 28.7 Å². The fourth-order valence-corrected chi connectivity index (χ4v) is 3.87. The van der Waals surface area contributed by atoms with E-state index in [1.54, 1.807) is 18.0 Å². The molecule has 4 heteroatoms. The maximum atomic E-state index is 13.0. The molecule has 1 N–H and O–H groups in total. The normalized spacial score (nSPS) is 26.0. The van der Waals surface area contributed by atoms with Gasteiger partial charge in [-0.2, -0.15) is 0 Å². The van der Waals surface area contributed by atoms with E-state index in [0.29, 0.717) is 12.0 Å².